The number of pyridine rings is 1. The highest BCUT2D eigenvalue weighted by molar-refractivity contribution is 5.86. The molecule has 7 nitrogen and oxygen atoms in total. The van der Waals surface area contributed by atoms with Crippen molar-refractivity contribution in [1.29, 1.82) is 0 Å². The summed E-state index contributed by atoms with van der Waals surface area (Å²) in [6, 6.07) is 10.7. The molecule has 5 rings (SSSR count). The van der Waals surface area contributed by atoms with Crippen molar-refractivity contribution in [3.63, 3.8) is 0 Å². The van der Waals surface area contributed by atoms with Gasteiger partial charge in [0.2, 0.25) is 0 Å². The van der Waals surface area contributed by atoms with Gasteiger partial charge in [0.25, 0.3) is 0 Å². The van der Waals surface area contributed by atoms with E-state index in [9.17, 15) is 5.11 Å². The Morgan fingerprint density at radius 1 is 1.13 bits per heavy atom. The average Bonchev–Trinajstić information content (AvgIpc) is 3.18. The third-order valence-electron chi connectivity index (χ3n) is 6.42. The summed E-state index contributed by atoms with van der Waals surface area (Å²) >= 11 is 0. The number of benzene rings is 1. The van der Waals surface area contributed by atoms with Gasteiger partial charge in [-0.15, -0.1) is 0 Å². The highest BCUT2D eigenvalue weighted by Crippen LogP contribution is 2.27. The average molecular weight is 417 g/mol. The lowest BCUT2D eigenvalue weighted by molar-refractivity contribution is 0.122. The van der Waals surface area contributed by atoms with Gasteiger partial charge in [-0.25, -0.2) is 15.0 Å². The predicted octanol–water partition coefficient (Wildman–Crippen LogP) is 4.17. The Hall–Kier alpha value is -3.19. The third-order valence-corrected chi connectivity index (χ3v) is 6.42. The molecule has 160 valence electrons. The van der Waals surface area contributed by atoms with E-state index >= 15 is 0 Å². The van der Waals surface area contributed by atoms with E-state index < -0.39 is 0 Å². The Labute approximate surface area is 181 Å². The van der Waals surface area contributed by atoms with E-state index in [1.54, 1.807) is 6.20 Å². The molecular formula is C24H28N6O. The Morgan fingerprint density at radius 2 is 1.97 bits per heavy atom. The number of aromatic nitrogens is 4. The molecule has 0 bridgehead atoms. The lowest BCUT2D eigenvalue weighted by Gasteiger charge is -2.33. The summed E-state index contributed by atoms with van der Waals surface area (Å²) < 4.78 is 0. The van der Waals surface area contributed by atoms with Gasteiger partial charge in [-0.1, -0.05) is 12.1 Å². The fraction of sp³-hybridized carbons (Fsp3) is 0.375. The Bertz CT molecular complexity index is 1210. The molecule has 1 saturated carbocycles. The number of aryl methyl sites for hydroxylation is 1. The topological polar surface area (TPSA) is 90.0 Å². The standard InChI is InChI=1S/C24H28N6O/c1-15-12-25-19-5-3-4-16(23(15)19)13-27-21-14-26-20-10-11-22(29-24(20)28-21)30(2)17-6-8-18(31)9-7-17/h3-5,10-12,14,17-18,25,31H,6-9,13H2,1-2H3,(H,27,28,29)/t17-,18-. The molecular weight excluding hydrogens is 388 g/mol. The zero-order valence-electron chi connectivity index (χ0n) is 18.0. The van der Waals surface area contributed by atoms with E-state index in [0.29, 0.717) is 24.1 Å². The van der Waals surface area contributed by atoms with E-state index in [-0.39, 0.29) is 6.10 Å². The van der Waals surface area contributed by atoms with Gasteiger partial charge in [0.1, 0.15) is 17.2 Å². The smallest absolute Gasteiger partial charge is 0.182 e. The molecule has 0 atom stereocenters. The number of hydrogen-bond donors (Lipinski definition) is 3. The van der Waals surface area contributed by atoms with Crippen LogP contribution in [0.4, 0.5) is 11.6 Å². The second kappa shape index (κ2) is 8.15. The number of nitrogens with zero attached hydrogens (tertiary/aromatic N) is 4. The zero-order valence-corrected chi connectivity index (χ0v) is 18.0. The maximum Gasteiger partial charge on any atom is 0.182 e. The van der Waals surface area contributed by atoms with Crippen LogP contribution in [0.3, 0.4) is 0 Å². The number of rotatable bonds is 5. The van der Waals surface area contributed by atoms with Crippen LogP contribution in [0.1, 0.15) is 36.8 Å². The molecule has 1 aliphatic rings. The molecule has 31 heavy (non-hydrogen) atoms. The van der Waals surface area contributed by atoms with E-state index in [1.807, 2.05) is 18.3 Å². The van der Waals surface area contributed by atoms with Gasteiger partial charge in [-0.2, -0.15) is 0 Å². The van der Waals surface area contributed by atoms with Crippen LogP contribution in [0.25, 0.3) is 22.1 Å². The number of anilines is 2. The first kappa shape index (κ1) is 19.8. The second-order valence-corrected chi connectivity index (χ2v) is 8.51. The summed E-state index contributed by atoms with van der Waals surface area (Å²) in [6.45, 7) is 2.79. The van der Waals surface area contributed by atoms with Crippen molar-refractivity contribution in [1.82, 2.24) is 19.9 Å². The van der Waals surface area contributed by atoms with Crippen molar-refractivity contribution in [2.45, 2.75) is 51.3 Å². The van der Waals surface area contributed by atoms with Gasteiger partial charge in [0.05, 0.1) is 12.3 Å². The van der Waals surface area contributed by atoms with Crippen molar-refractivity contribution < 1.29 is 5.11 Å². The van der Waals surface area contributed by atoms with E-state index in [2.05, 4.69) is 52.4 Å². The first-order valence-electron chi connectivity index (χ1n) is 10.9. The predicted molar refractivity (Wildman–Crippen MR) is 124 cm³/mol. The van der Waals surface area contributed by atoms with E-state index in [4.69, 9.17) is 9.97 Å². The molecule has 1 fully saturated rings. The molecule has 1 aliphatic carbocycles. The number of aliphatic hydroxyl groups is 1. The van der Waals surface area contributed by atoms with Crippen LogP contribution in [0, 0.1) is 6.92 Å². The highest BCUT2D eigenvalue weighted by Gasteiger charge is 2.23. The summed E-state index contributed by atoms with van der Waals surface area (Å²) in [5.74, 6) is 1.61. The van der Waals surface area contributed by atoms with Gasteiger partial charge in [0.15, 0.2) is 5.65 Å². The molecule has 4 aromatic rings. The fourth-order valence-corrected chi connectivity index (χ4v) is 4.58. The second-order valence-electron chi connectivity index (χ2n) is 8.51. The van der Waals surface area contributed by atoms with Crippen LogP contribution in [0.2, 0.25) is 0 Å². The maximum atomic E-state index is 9.78. The number of aliphatic hydroxyl groups excluding tert-OH is 1. The highest BCUT2D eigenvalue weighted by atomic mass is 16.3. The molecule has 0 aliphatic heterocycles. The van der Waals surface area contributed by atoms with E-state index in [1.165, 1.54) is 16.5 Å². The molecule has 0 amide bonds. The number of aromatic amines is 1. The number of nitrogens with one attached hydrogen (secondary N) is 2. The normalized spacial score (nSPS) is 19.1. The molecule has 0 saturated heterocycles. The summed E-state index contributed by atoms with van der Waals surface area (Å²) in [6.07, 6.45) is 7.31. The van der Waals surface area contributed by atoms with Gasteiger partial charge >= 0.3 is 0 Å². The molecule has 0 radical (unpaired) electrons. The quantitative estimate of drug-likeness (QED) is 0.452. The van der Waals surface area contributed by atoms with Crippen molar-refractivity contribution in [3.8, 4) is 0 Å². The molecule has 7 heteroatoms. The van der Waals surface area contributed by atoms with E-state index in [0.717, 1.165) is 42.5 Å². The summed E-state index contributed by atoms with van der Waals surface area (Å²) in [5.41, 5.74) is 5.03. The summed E-state index contributed by atoms with van der Waals surface area (Å²) in [7, 11) is 2.08. The SMILES string of the molecule is Cc1c[nH]c2cccc(CNc3cnc4ccc(N(C)[C@H]5CC[C@H](O)CC5)nc4n3)c12. The van der Waals surface area contributed by atoms with Gasteiger partial charge in [-0.05, 0) is 61.9 Å². The molecule has 3 N–H and O–H groups in total. The molecule has 1 aromatic carbocycles. The minimum absolute atomic E-state index is 0.158. The first-order chi connectivity index (χ1) is 15.1. The van der Waals surface area contributed by atoms with Crippen molar-refractivity contribution in [3.05, 3.63) is 53.9 Å². The fourth-order valence-electron chi connectivity index (χ4n) is 4.58. The minimum atomic E-state index is -0.158. The van der Waals surface area contributed by atoms with Crippen LogP contribution in [-0.2, 0) is 6.54 Å². The third kappa shape index (κ3) is 3.93. The van der Waals surface area contributed by atoms with Gasteiger partial charge in [0, 0.05) is 36.7 Å². The van der Waals surface area contributed by atoms with Crippen LogP contribution < -0.4 is 10.2 Å². The largest absolute Gasteiger partial charge is 0.393 e. The van der Waals surface area contributed by atoms with Crippen LogP contribution >= 0.6 is 0 Å². The lowest BCUT2D eigenvalue weighted by Crippen LogP contribution is -2.36. The number of hydrogen-bond acceptors (Lipinski definition) is 6. The molecule has 3 heterocycles. The number of fused-ring (bicyclic) bond motifs is 2. The molecule has 0 unspecified atom stereocenters. The Morgan fingerprint density at radius 3 is 2.81 bits per heavy atom. The lowest BCUT2D eigenvalue weighted by atomic mass is 9.92. The van der Waals surface area contributed by atoms with Crippen molar-refractivity contribution in [2.75, 3.05) is 17.3 Å². The van der Waals surface area contributed by atoms with Crippen LogP contribution in [0.5, 0.6) is 0 Å². The first-order valence-corrected chi connectivity index (χ1v) is 10.9. The summed E-state index contributed by atoms with van der Waals surface area (Å²) in [5, 5.41) is 14.4. The molecule has 0 spiro atoms. The van der Waals surface area contributed by atoms with Gasteiger partial charge < -0.3 is 20.3 Å². The molecule has 3 aromatic heterocycles. The van der Waals surface area contributed by atoms with Crippen molar-refractivity contribution in [2.24, 2.45) is 0 Å². The minimum Gasteiger partial charge on any atom is -0.393 e. The monoisotopic (exact) mass is 416 g/mol. The van der Waals surface area contributed by atoms with Crippen LogP contribution in [0.15, 0.2) is 42.7 Å². The van der Waals surface area contributed by atoms with Crippen LogP contribution in [-0.4, -0.2) is 44.2 Å². The Balaban J connectivity index is 1.36. The number of H-pyrrole nitrogens is 1. The maximum absolute atomic E-state index is 9.78. The Kier molecular flexibility index (Phi) is 5.19. The zero-order chi connectivity index (χ0) is 21.4. The van der Waals surface area contributed by atoms with Crippen molar-refractivity contribution >= 4 is 33.7 Å². The van der Waals surface area contributed by atoms with Gasteiger partial charge in [-0.3, -0.25) is 0 Å². The summed E-state index contributed by atoms with van der Waals surface area (Å²) in [4.78, 5) is 19.6.